The van der Waals surface area contributed by atoms with Gasteiger partial charge in [0.15, 0.2) is 0 Å². The number of anilines is 1. The second-order valence-electron chi connectivity index (χ2n) is 6.61. The van der Waals surface area contributed by atoms with E-state index in [0.29, 0.717) is 18.9 Å². The Labute approximate surface area is 135 Å². The molecule has 0 aromatic carbocycles. The minimum Gasteiger partial charge on any atom is -0.444 e. The highest BCUT2D eigenvalue weighted by atomic mass is 16.6. The molecule has 2 heterocycles. The lowest BCUT2D eigenvalue weighted by molar-refractivity contribution is -0.385. The van der Waals surface area contributed by atoms with Gasteiger partial charge in [-0.15, -0.1) is 0 Å². The van der Waals surface area contributed by atoms with Gasteiger partial charge >= 0.3 is 6.09 Å². The van der Waals surface area contributed by atoms with Gasteiger partial charge in [-0.2, -0.15) is 0 Å². The smallest absolute Gasteiger partial charge is 0.410 e. The molecule has 1 aromatic heterocycles. The summed E-state index contributed by atoms with van der Waals surface area (Å²) in [6.07, 6.45) is 1.73. The minimum atomic E-state index is -0.513. The van der Waals surface area contributed by atoms with E-state index in [-0.39, 0.29) is 17.8 Å². The molecule has 8 nitrogen and oxygen atoms in total. The van der Waals surface area contributed by atoms with Gasteiger partial charge in [0.1, 0.15) is 17.6 Å². The van der Waals surface area contributed by atoms with Crippen molar-refractivity contribution < 1.29 is 14.5 Å². The van der Waals surface area contributed by atoms with Crippen molar-refractivity contribution in [2.45, 2.75) is 38.8 Å². The van der Waals surface area contributed by atoms with Crippen molar-refractivity contribution >= 4 is 17.6 Å². The average Bonchev–Trinajstić information content (AvgIpc) is 2.94. The molecule has 1 atom stereocenters. The number of nitro groups is 1. The summed E-state index contributed by atoms with van der Waals surface area (Å²) >= 11 is 0. The molecule has 0 radical (unpaired) electrons. The molecular weight excluding hydrogens is 300 g/mol. The van der Waals surface area contributed by atoms with Gasteiger partial charge in [0, 0.05) is 32.2 Å². The number of hydrogen-bond acceptors (Lipinski definition) is 6. The lowest BCUT2D eigenvalue weighted by Gasteiger charge is -2.27. The Morgan fingerprint density at radius 2 is 2.17 bits per heavy atom. The van der Waals surface area contributed by atoms with E-state index in [1.807, 2.05) is 32.7 Å². The van der Waals surface area contributed by atoms with Crippen molar-refractivity contribution in [2.75, 3.05) is 25.0 Å². The maximum Gasteiger partial charge on any atom is 0.410 e. The molecule has 0 saturated carbocycles. The fraction of sp³-hybridized carbons (Fsp3) is 0.600. The number of nitrogens with zero attached hydrogens (tertiary/aromatic N) is 4. The van der Waals surface area contributed by atoms with Crippen LogP contribution in [-0.2, 0) is 4.74 Å². The van der Waals surface area contributed by atoms with Crippen LogP contribution < -0.4 is 4.90 Å². The van der Waals surface area contributed by atoms with Gasteiger partial charge < -0.3 is 14.5 Å². The number of rotatable bonds is 3. The number of carbonyl (C=O) groups excluding carboxylic acids is 1. The van der Waals surface area contributed by atoms with Gasteiger partial charge in [0.2, 0.25) is 0 Å². The molecule has 1 aliphatic rings. The summed E-state index contributed by atoms with van der Waals surface area (Å²) in [6.45, 7) is 6.68. The predicted molar refractivity (Wildman–Crippen MR) is 85.5 cm³/mol. The summed E-state index contributed by atoms with van der Waals surface area (Å²) in [7, 11) is 1.87. The number of pyridine rings is 1. The summed E-state index contributed by atoms with van der Waals surface area (Å²) in [5, 5.41) is 10.7. The van der Waals surface area contributed by atoms with E-state index in [9.17, 15) is 14.9 Å². The van der Waals surface area contributed by atoms with E-state index in [0.717, 1.165) is 6.42 Å². The second kappa shape index (κ2) is 6.39. The Kier molecular flexibility index (Phi) is 4.72. The lowest BCUT2D eigenvalue weighted by Crippen LogP contribution is -2.39. The molecule has 1 fully saturated rings. The maximum absolute atomic E-state index is 12.1. The van der Waals surface area contributed by atoms with Crippen LogP contribution >= 0.6 is 0 Å². The van der Waals surface area contributed by atoms with Crippen molar-refractivity contribution in [1.29, 1.82) is 0 Å². The van der Waals surface area contributed by atoms with Crippen LogP contribution in [0.25, 0.3) is 0 Å². The molecule has 126 valence electrons. The van der Waals surface area contributed by atoms with Gasteiger partial charge in [0.25, 0.3) is 5.69 Å². The summed E-state index contributed by atoms with van der Waals surface area (Å²) < 4.78 is 5.38. The van der Waals surface area contributed by atoms with Crippen molar-refractivity contribution in [3.63, 3.8) is 0 Å². The Morgan fingerprint density at radius 3 is 2.70 bits per heavy atom. The lowest BCUT2D eigenvalue weighted by atomic mass is 10.2. The van der Waals surface area contributed by atoms with Crippen LogP contribution in [0.1, 0.15) is 27.2 Å². The van der Waals surface area contributed by atoms with Crippen LogP contribution in [-0.4, -0.2) is 52.7 Å². The molecule has 0 N–H and O–H groups in total. The SMILES string of the molecule is CN(c1ccc([N+](=O)[O-])cn1)[C@H]1CCN(C(=O)OC(C)(C)C)C1. The Hall–Kier alpha value is -2.38. The third kappa shape index (κ3) is 4.30. The van der Waals surface area contributed by atoms with Gasteiger partial charge in [-0.25, -0.2) is 9.78 Å². The van der Waals surface area contributed by atoms with E-state index in [4.69, 9.17) is 4.74 Å². The van der Waals surface area contributed by atoms with Crippen LogP contribution in [0.4, 0.5) is 16.3 Å². The molecule has 23 heavy (non-hydrogen) atoms. The van der Waals surface area contributed by atoms with Crippen molar-refractivity contribution in [1.82, 2.24) is 9.88 Å². The third-order valence-corrected chi connectivity index (χ3v) is 3.67. The first-order chi connectivity index (χ1) is 10.7. The second-order valence-corrected chi connectivity index (χ2v) is 6.61. The molecular formula is C15H22N4O4. The Bertz CT molecular complexity index is 582. The highest BCUT2D eigenvalue weighted by Crippen LogP contribution is 2.22. The van der Waals surface area contributed by atoms with Crippen LogP contribution in [0.3, 0.4) is 0 Å². The van der Waals surface area contributed by atoms with Crippen molar-refractivity contribution in [2.24, 2.45) is 0 Å². The van der Waals surface area contributed by atoms with Crippen LogP contribution in [0.15, 0.2) is 18.3 Å². The van der Waals surface area contributed by atoms with Gasteiger partial charge in [-0.05, 0) is 33.3 Å². The highest BCUT2D eigenvalue weighted by Gasteiger charge is 2.32. The largest absolute Gasteiger partial charge is 0.444 e. The molecule has 0 spiro atoms. The molecule has 0 unspecified atom stereocenters. The fourth-order valence-electron chi connectivity index (χ4n) is 2.43. The maximum atomic E-state index is 12.1. The van der Waals surface area contributed by atoms with E-state index < -0.39 is 10.5 Å². The topological polar surface area (TPSA) is 88.8 Å². The molecule has 0 bridgehead atoms. The first-order valence-corrected chi connectivity index (χ1v) is 7.48. The normalized spacial score (nSPS) is 17.9. The number of likely N-dealkylation sites (N-methyl/N-ethyl adjacent to an activating group) is 1. The van der Waals surface area contributed by atoms with Crippen molar-refractivity contribution in [3.05, 3.63) is 28.4 Å². The summed E-state index contributed by atoms with van der Waals surface area (Å²) in [5.74, 6) is 0.645. The predicted octanol–water partition coefficient (Wildman–Crippen LogP) is 2.44. The molecule has 1 amide bonds. The zero-order chi connectivity index (χ0) is 17.2. The summed E-state index contributed by atoms with van der Waals surface area (Å²) in [6, 6.07) is 3.16. The summed E-state index contributed by atoms with van der Waals surface area (Å²) in [5.41, 5.74) is -0.551. The molecule has 1 aliphatic heterocycles. The number of amides is 1. The molecule has 1 aromatic rings. The van der Waals surface area contributed by atoms with E-state index >= 15 is 0 Å². The minimum absolute atomic E-state index is 0.0380. The standard InChI is InChI=1S/C15H22N4O4/c1-15(2,3)23-14(20)18-8-7-12(10-18)17(4)13-6-5-11(9-16-13)19(21)22/h5-6,9,12H,7-8,10H2,1-4H3/t12-/m0/s1. The van der Waals surface area contributed by atoms with E-state index in [1.54, 1.807) is 11.0 Å². The number of aromatic nitrogens is 1. The number of hydrogen-bond donors (Lipinski definition) is 0. The Morgan fingerprint density at radius 1 is 1.48 bits per heavy atom. The van der Waals surface area contributed by atoms with Crippen LogP contribution in [0.2, 0.25) is 0 Å². The first-order valence-electron chi connectivity index (χ1n) is 7.48. The number of likely N-dealkylation sites (tertiary alicyclic amines) is 1. The van der Waals surface area contributed by atoms with Crippen LogP contribution in [0.5, 0.6) is 0 Å². The zero-order valence-corrected chi connectivity index (χ0v) is 13.9. The monoisotopic (exact) mass is 322 g/mol. The number of carbonyl (C=O) groups is 1. The van der Waals surface area contributed by atoms with Gasteiger partial charge in [-0.3, -0.25) is 10.1 Å². The molecule has 1 saturated heterocycles. The van der Waals surface area contributed by atoms with E-state index in [2.05, 4.69) is 4.98 Å². The molecule has 2 rings (SSSR count). The zero-order valence-electron chi connectivity index (χ0n) is 13.9. The highest BCUT2D eigenvalue weighted by molar-refractivity contribution is 5.68. The van der Waals surface area contributed by atoms with E-state index in [1.165, 1.54) is 12.3 Å². The van der Waals surface area contributed by atoms with Gasteiger partial charge in [0.05, 0.1) is 4.92 Å². The fourth-order valence-corrected chi connectivity index (χ4v) is 2.43. The quantitative estimate of drug-likeness (QED) is 0.627. The first kappa shape index (κ1) is 17.0. The Balaban J connectivity index is 1.98. The summed E-state index contributed by atoms with van der Waals surface area (Å²) in [4.78, 5) is 30.0. The van der Waals surface area contributed by atoms with Gasteiger partial charge in [-0.1, -0.05) is 0 Å². The molecule has 0 aliphatic carbocycles. The third-order valence-electron chi connectivity index (χ3n) is 3.67. The average molecular weight is 322 g/mol. The van der Waals surface area contributed by atoms with Crippen LogP contribution in [0, 0.1) is 10.1 Å². The molecule has 8 heteroatoms. The van der Waals surface area contributed by atoms with Crippen molar-refractivity contribution in [3.8, 4) is 0 Å². The number of ether oxygens (including phenoxy) is 1.